The molecular formula is C13H15FN2O4. The lowest BCUT2D eigenvalue weighted by Gasteiger charge is -1.97. The molecule has 5 N–H and O–H groups in total. The monoisotopic (exact) mass is 282 g/mol. The highest BCUT2D eigenvalue weighted by atomic mass is 19.1. The van der Waals surface area contributed by atoms with Gasteiger partial charge in [0.25, 0.3) is 0 Å². The number of aliphatic carboxylic acids is 2. The summed E-state index contributed by atoms with van der Waals surface area (Å²) in [7, 11) is 0. The molecule has 2 aromatic rings. The molecule has 6 nitrogen and oxygen atoms in total. The molecule has 0 amide bonds. The number of H-pyrrole nitrogens is 1. The van der Waals surface area contributed by atoms with E-state index in [-0.39, 0.29) is 5.82 Å². The smallest absolute Gasteiger partial charge is 0.414 e. The number of rotatable bonds is 2. The number of hydrogen-bond donors (Lipinski definition) is 4. The fourth-order valence-electron chi connectivity index (χ4n) is 1.82. The summed E-state index contributed by atoms with van der Waals surface area (Å²) in [6.07, 6.45) is 0.787. The van der Waals surface area contributed by atoms with Crippen LogP contribution in [0.5, 0.6) is 0 Å². The van der Waals surface area contributed by atoms with Crippen LogP contribution in [0.3, 0.4) is 0 Å². The van der Waals surface area contributed by atoms with E-state index in [0.29, 0.717) is 6.54 Å². The molecule has 0 aliphatic carbocycles. The summed E-state index contributed by atoms with van der Waals surface area (Å²) >= 11 is 0. The number of hydrogen-bond acceptors (Lipinski definition) is 3. The molecule has 0 aliphatic heterocycles. The van der Waals surface area contributed by atoms with Gasteiger partial charge in [-0.3, -0.25) is 0 Å². The van der Waals surface area contributed by atoms with Crippen LogP contribution in [0.15, 0.2) is 18.2 Å². The van der Waals surface area contributed by atoms with Crippen LogP contribution < -0.4 is 5.73 Å². The highest BCUT2D eigenvalue weighted by molar-refractivity contribution is 6.27. The van der Waals surface area contributed by atoms with E-state index in [0.717, 1.165) is 28.6 Å². The first-order valence-electron chi connectivity index (χ1n) is 5.79. The summed E-state index contributed by atoms with van der Waals surface area (Å²) in [6.45, 7) is 2.58. The van der Waals surface area contributed by atoms with Crippen molar-refractivity contribution >= 4 is 22.8 Å². The molecule has 0 fully saturated rings. The summed E-state index contributed by atoms with van der Waals surface area (Å²) < 4.78 is 13.0. The number of carboxylic acids is 2. The van der Waals surface area contributed by atoms with Gasteiger partial charge in [0, 0.05) is 16.6 Å². The lowest BCUT2D eigenvalue weighted by molar-refractivity contribution is -0.159. The zero-order valence-corrected chi connectivity index (χ0v) is 10.8. The number of nitrogens with one attached hydrogen (secondary N) is 1. The molecule has 0 saturated carbocycles. The van der Waals surface area contributed by atoms with Gasteiger partial charge in [-0.2, -0.15) is 0 Å². The predicted molar refractivity (Wildman–Crippen MR) is 71.0 cm³/mol. The largest absolute Gasteiger partial charge is 0.473 e. The maximum Gasteiger partial charge on any atom is 0.414 e. The van der Waals surface area contributed by atoms with Gasteiger partial charge in [0.05, 0.1) is 0 Å². The van der Waals surface area contributed by atoms with Crippen molar-refractivity contribution < 1.29 is 24.2 Å². The second kappa shape index (κ2) is 6.67. The predicted octanol–water partition coefficient (Wildman–Crippen LogP) is 1.27. The van der Waals surface area contributed by atoms with Crippen molar-refractivity contribution in [3.05, 3.63) is 35.3 Å². The topological polar surface area (TPSA) is 116 Å². The van der Waals surface area contributed by atoms with E-state index in [1.165, 1.54) is 6.07 Å². The number of benzene rings is 1. The summed E-state index contributed by atoms with van der Waals surface area (Å²) in [6, 6.07) is 4.78. The normalized spacial score (nSPS) is 9.95. The molecule has 0 radical (unpaired) electrons. The molecule has 108 valence electrons. The van der Waals surface area contributed by atoms with Gasteiger partial charge in [0.1, 0.15) is 5.82 Å². The Labute approximate surface area is 114 Å². The maximum atomic E-state index is 13.0. The highest BCUT2D eigenvalue weighted by Gasteiger charge is 2.07. The minimum atomic E-state index is -1.82. The van der Waals surface area contributed by atoms with Gasteiger partial charge >= 0.3 is 11.9 Å². The molecule has 20 heavy (non-hydrogen) atoms. The van der Waals surface area contributed by atoms with Crippen molar-refractivity contribution in [2.45, 2.75) is 13.3 Å². The molecule has 1 heterocycles. The summed E-state index contributed by atoms with van der Waals surface area (Å²) in [5.74, 6) is -3.85. The van der Waals surface area contributed by atoms with Crippen LogP contribution in [0.2, 0.25) is 0 Å². The quantitative estimate of drug-likeness (QED) is 0.619. The summed E-state index contributed by atoms with van der Waals surface area (Å²) in [5, 5.41) is 15.7. The Kier molecular flexibility index (Phi) is 5.22. The van der Waals surface area contributed by atoms with E-state index in [1.807, 2.05) is 6.92 Å². The first kappa shape index (κ1) is 15.6. The zero-order valence-electron chi connectivity index (χ0n) is 10.8. The van der Waals surface area contributed by atoms with Gasteiger partial charge in [0.2, 0.25) is 0 Å². The molecule has 0 aliphatic rings. The van der Waals surface area contributed by atoms with Crippen LogP contribution in [0.1, 0.15) is 11.3 Å². The van der Waals surface area contributed by atoms with E-state index in [1.54, 1.807) is 12.1 Å². The van der Waals surface area contributed by atoms with E-state index < -0.39 is 11.9 Å². The molecule has 2 rings (SSSR count). The second-order valence-electron chi connectivity index (χ2n) is 4.07. The van der Waals surface area contributed by atoms with Crippen molar-refractivity contribution in [3.63, 3.8) is 0 Å². The molecule has 0 atom stereocenters. The van der Waals surface area contributed by atoms with Crippen molar-refractivity contribution in [2.24, 2.45) is 5.73 Å². The molecule has 0 spiro atoms. The van der Waals surface area contributed by atoms with E-state index >= 15 is 0 Å². The van der Waals surface area contributed by atoms with Gasteiger partial charge in [-0.15, -0.1) is 0 Å². The summed E-state index contributed by atoms with van der Waals surface area (Å²) in [4.78, 5) is 21.4. The molecule has 0 saturated heterocycles. The number of aromatic nitrogens is 1. The number of fused-ring (bicyclic) bond motifs is 1. The van der Waals surface area contributed by atoms with Crippen molar-refractivity contribution in [2.75, 3.05) is 6.54 Å². The number of halogens is 1. The number of nitrogens with two attached hydrogens (primary N) is 1. The Morgan fingerprint density at radius 2 is 1.90 bits per heavy atom. The first-order valence-corrected chi connectivity index (χ1v) is 5.79. The van der Waals surface area contributed by atoms with Crippen LogP contribution in [0.25, 0.3) is 10.9 Å². The molecule has 1 aromatic carbocycles. The molecular weight excluding hydrogens is 267 g/mol. The number of carbonyl (C=O) groups is 2. The average Bonchev–Trinajstić information content (AvgIpc) is 2.67. The molecule has 0 unspecified atom stereocenters. The fourth-order valence-corrected chi connectivity index (χ4v) is 1.82. The van der Waals surface area contributed by atoms with Crippen LogP contribution in [0, 0.1) is 12.7 Å². The molecule has 7 heteroatoms. The van der Waals surface area contributed by atoms with Crippen molar-refractivity contribution in [1.29, 1.82) is 0 Å². The van der Waals surface area contributed by atoms with Gasteiger partial charge in [-0.25, -0.2) is 14.0 Å². The Balaban J connectivity index is 0.000000286. The standard InChI is InChI=1S/C11H13FN2.C2H2O4/c1-7-9(4-5-13)10-6-8(12)2-3-11(10)14-7;3-1(4)2(5)6/h2-3,6,14H,4-5,13H2,1H3;(H,3,4)(H,5,6). The second-order valence-corrected chi connectivity index (χ2v) is 4.07. The fraction of sp³-hybridized carbons (Fsp3) is 0.231. The van der Waals surface area contributed by atoms with Crippen LogP contribution in [0.4, 0.5) is 4.39 Å². The third kappa shape index (κ3) is 3.79. The van der Waals surface area contributed by atoms with Gasteiger partial charge in [0.15, 0.2) is 0 Å². The molecule has 1 aromatic heterocycles. The third-order valence-electron chi connectivity index (χ3n) is 2.66. The summed E-state index contributed by atoms with van der Waals surface area (Å²) in [5.41, 5.74) is 8.70. The van der Waals surface area contributed by atoms with E-state index in [2.05, 4.69) is 4.98 Å². The van der Waals surface area contributed by atoms with Gasteiger partial charge < -0.3 is 20.9 Å². The van der Waals surface area contributed by atoms with Gasteiger partial charge in [-0.1, -0.05) is 0 Å². The van der Waals surface area contributed by atoms with Crippen molar-refractivity contribution in [3.8, 4) is 0 Å². The average molecular weight is 282 g/mol. The third-order valence-corrected chi connectivity index (χ3v) is 2.66. The number of carboxylic acid groups (broad SMARTS) is 2. The van der Waals surface area contributed by atoms with Crippen LogP contribution >= 0.6 is 0 Å². The van der Waals surface area contributed by atoms with Gasteiger partial charge in [-0.05, 0) is 43.7 Å². The first-order chi connectivity index (χ1) is 9.36. The zero-order chi connectivity index (χ0) is 15.3. The Morgan fingerprint density at radius 1 is 1.30 bits per heavy atom. The highest BCUT2D eigenvalue weighted by Crippen LogP contribution is 2.23. The number of aryl methyl sites for hydroxylation is 1. The Hall–Kier alpha value is -2.41. The SMILES string of the molecule is Cc1[nH]c2ccc(F)cc2c1CCN.O=C(O)C(=O)O. The van der Waals surface area contributed by atoms with Crippen LogP contribution in [-0.4, -0.2) is 33.7 Å². The Morgan fingerprint density at radius 3 is 2.40 bits per heavy atom. The van der Waals surface area contributed by atoms with Crippen molar-refractivity contribution in [1.82, 2.24) is 4.98 Å². The molecule has 0 bridgehead atoms. The van der Waals surface area contributed by atoms with Crippen LogP contribution in [-0.2, 0) is 16.0 Å². The Bertz CT molecular complexity index is 625. The lowest BCUT2D eigenvalue weighted by atomic mass is 10.1. The minimum absolute atomic E-state index is 0.199. The number of aromatic amines is 1. The van der Waals surface area contributed by atoms with E-state index in [9.17, 15) is 4.39 Å². The lowest BCUT2D eigenvalue weighted by Crippen LogP contribution is -2.09. The minimum Gasteiger partial charge on any atom is -0.473 e. The maximum absolute atomic E-state index is 13.0. The van der Waals surface area contributed by atoms with E-state index in [4.69, 9.17) is 25.5 Å².